The van der Waals surface area contributed by atoms with E-state index in [1.165, 1.54) is 30.5 Å². The monoisotopic (exact) mass is 538 g/mol. The lowest BCUT2D eigenvalue weighted by Gasteiger charge is -2.11. The van der Waals surface area contributed by atoms with Crippen molar-refractivity contribution < 1.29 is 29.0 Å². The summed E-state index contributed by atoms with van der Waals surface area (Å²) >= 11 is 3.32. The maximum absolute atomic E-state index is 12.7. The third kappa shape index (κ3) is 7.79. The summed E-state index contributed by atoms with van der Waals surface area (Å²) in [5, 5.41) is 17.5. The molecule has 0 aliphatic rings. The molecule has 0 saturated heterocycles. The molecule has 0 fully saturated rings. The summed E-state index contributed by atoms with van der Waals surface area (Å²) in [6.07, 6.45) is 1.30. The number of hydrogen-bond donors (Lipinski definition) is 4. The minimum absolute atomic E-state index is 0.156. The van der Waals surface area contributed by atoms with Crippen molar-refractivity contribution in [2.45, 2.75) is 0 Å². The quantitative estimate of drug-likeness (QED) is 0.196. The molecule has 3 aromatic rings. The Hall–Kier alpha value is -4.51. The molecule has 11 heteroatoms. The molecule has 4 N–H and O–H groups in total. The van der Waals surface area contributed by atoms with Gasteiger partial charge in [0.05, 0.1) is 17.5 Å². The number of carboxylic acids is 1. The molecule has 0 bridgehead atoms. The van der Waals surface area contributed by atoms with Gasteiger partial charge in [-0.3, -0.25) is 14.4 Å². The molecule has 0 heterocycles. The molecule has 3 amide bonds. The smallest absolute Gasteiger partial charge is 0.341 e. The van der Waals surface area contributed by atoms with Gasteiger partial charge in [0.2, 0.25) is 0 Å². The van der Waals surface area contributed by atoms with Crippen LogP contribution in [0.15, 0.2) is 82.4 Å². The van der Waals surface area contributed by atoms with Gasteiger partial charge in [-0.2, -0.15) is 5.10 Å². The molecule has 0 atom stereocenters. The SMILES string of the molecule is O=C(O)COc1ccc(/C=N/NC(=O)C(=O)Nc2ccccc2C(=O)Nc2ccc(Br)cc2)cc1. The summed E-state index contributed by atoms with van der Waals surface area (Å²) in [6, 6.07) is 19.5. The molecule has 0 saturated carbocycles. The molecule has 0 aliphatic carbocycles. The fourth-order valence-electron chi connectivity index (χ4n) is 2.71. The Morgan fingerprint density at radius 1 is 0.886 bits per heavy atom. The van der Waals surface area contributed by atoms with Crippen molar-refractivity contribution in [1.29, 1.82) is 0 Å². The number of amides is 3. The van der Waals surface area contributed by atoms with Gasteiger partial charge in [0.25, 0.3) is 5.91 Å². The van der Waals surface area contributed by atoms with Crippen LogP contribution in [0.1, 0.15) is 15.9 Å². The first-order chi connectivity index (χ1) is 16.8. The first-order valence-corrected chi connectivity index (χ1v) is 10.9. The average molecular weight is 539 g/mol. The highest BCUT2D eigenvalue weighted by Crippen LogP contribution is 2.19. The average Bonchev–Trinajstić information content (AvgIpc) is 2.85. The number of benzene rings is 3. The molecule has 0 unspecified atom stereocenters. The van der Waals surface area contributed by atoms with Crippen LogP contribution in [-0.2, 0) is 14.4 Å². The molecular weight excluding hydrogens is 520 g/mol. The number of anilines is 2. The summed E-state index contributed by atoms with van der Waals surface area (Å²) in [5.41, 5.74) is 3.57. The highest BCUT2D eigenvalue weighted by molar-refractivity contribution is 9.10. The minimum atomic E-state index is -1.09. The lowest BCUT2D eigenvalue weighted by atomic mass is 10.1. The number of carbonyl (C=O) groups excluding carboxylic acids is 3. The van der Waals surface area contributed by atoms with Crippen LogP contribution in [0.4, 0.5) is 11.4 Å². The largest absolute Gasteiger partial charge is 0.482 e. The fraction of sp³-hybridized carbons (Fsp3) is 0.0417. The van der Waals surface area contributed by atoms with Crippen molar-refractivity contribution in [2.24, 2.45) is 5.10 Å². The first-order valence-electron chi connectivity index (χ1n) is 10.1. The number of nitrogens with one attached hydrogen (secondary N) is 3. The molecule has 3 rings (SSSR count). The molecule has 0 aromatic heterocycles. The normalized spacial score (nSPS) is 10.4. The number of halogens is 1. The predicted octanol–water partition coefficient (Wildman–Crippen LogP) is 3.25. The number of nitrogens with zero attached hydrogens (tertiary/aromatic N) is 1. The van der Waals surface area contributed by atoms with E-state index >= 15 is 0 Å². The summed E-state index contributed by atoms with van der Waals surface area (Å²) in [6.45, 7) is -0.465. The zero-order chi connectivity index (χ0) is 25.2. The van der Waals surface area contributed by atoms with Gasteiger partial charge in [0.15, 0.2) is 6.61 Å². The van der Waals surface area contributed by atoms with E-state index in [-0.39, 0.29) is 11.3 Å². The molecule has 0 spiro atoms. The van der Waals surface area contributed by atoms with Crippen LogP contribution in [-0.4, -0.2) is 41.6 Å². The van der Waals surface area contributed by atoms with E-state index in [1.54, 1.807) is 48.5 Å². The van der Waals surface area contributed by atoms with Gasteiger partial charge in [0, 0.05) is 10.2 Å². The topological polar surface area (TPSA) is 146 Å². The Bertz CT molecular complexity index is 1260. The van der Waals surface area contributed by atoms with Crippen LogP contribution in [0.5, 0.6) is 5.75 Å². The van der Waals surface area contributed by atoms with E-state index in [9.17, 15) is 19.2 Å². The van der Waals surface area contributed by atoms with Crippen LogP contribution in [0.3, 0.4) is 0 Å². The Morgan fingerprint density at radius 3 is 2.26 bits per heavy atom. The zero-order valence-corrected chi connectivity index (χ0v) is 19.6. The van der Waals surface area contributed by atoms with Crippen LogP contribution in [0.25, 0.3) is 0 Å². The second-order valence-electron chi connectivity index (χ2n) is 6.91. The highest BCUT2D eigenvalue weighted by Gasteiger charge is 2.17. The molecule has 0 radical (unpaired) electrons. The van der Waals surface area contributed by atoms with Crippen molar-refractivity contribution >= 4 is 57.2 Å². The van der Waals surface area contributed by atoms with Crippen LogP contribution in [0.2, 0.25) is 0 Å². The molecule has 178 valence electrons. The molecule has 35 heavy (non-hydrogen) atoms. The summed E-state index contributed by atoms with van der Waals surface area (Å²) in [4.78, 5) is 47.6. The van der Waals surface area contributed by atoms with Crippen LogP contribution >= 0.6 is 15.9 Å². The second kappa shape index (κ2) is 12.1. The van der Waals surface area contributed by atoms with Crippen molar-refractivity contribution in [3.05, 3.63) is 88.4 Å². The number of carboxylic acid groups (broad SMARTS) is 1. The number of carbonyl (C=O) groups is 4. The molecule has 10 nitrogen and oxygen atoms in total. The summed E-state index contributed by atoms with van der Waals surface area (Å²) in [5.74, 6) is -3.24. The summed E-state index contributed by atoms with van der Waals surface area (Å²) < 4.78 is 5.88. The Balaban J connectivity index is 1.56. The van der Waals surface area contributed by atoms with E-state index in [4.69, 9.17) is 9.84 Å². The maximum atomic E-state index is 12.7. The zero-order valence-electron chi connectivity index (χ0n) is 18.0. The van der Waals surface area contributed by atoms with Gasteiger partial charge in [-0.25, -0.2) is 10.2 Å². The third-order valence-corrected chi connectivity index (χ3v) is 4.88. The van der Waals surface area contributed by atoms with E-state index in [1.807, 2.05) is 0 Å². The van der Waals surface area contributed by atoms with Gasteiger partial charge < -0.3 is 20.5 Å². The van der Waals surface area contributed by atoms with Crippen molar-refractivity contribution in [3.63, 3.8) is 0 Å². The van der Waals surface area contributed by atoms with Gasteiger partial charge in [-0.1, -0.05) is 28.1 Å². The Morgan fingerprint density at radius 2 is 1.57 bits per heavy atom. The minimum Gasteiger partial charge on any atom is -0.482 e. The molecular formula is C24H19BrN4O6. The maximum Gasteiger partial charge on any atom is 0.341 e. The van der Waals surface area contributed by atoms with Gasteiger partial charge >= 0.3 is 17.8 Å². The molecule has 3 aromatic carbocycles. The number of rotatable bonds is 8. The number of hydrazone groups is 1. The van der Waals surface area contributed by atoms with Crippen LogP contribution < -0.4 is 20.8 Å². The number of hydrogen-bond acceptors (Lipinski definition) is 6. The number of para-hydroxylation sites is 1. The number of ether oxygens (including phenoxy) is 1. The van der Waals surface area contributed by atoms with E-state index in [0.717, 1.165) is 4.47 Å². The van der Waals surface area contributed by atoms with E-state index in [0.29, 0.717) is 17.0 Å². The third-order valence-electron chi connectivity index (χ3n) is 4.35. The van der Waals surface area contributed by atoms with E-state index in [2.05, 4.69) is 37.1 Å². The Kier molecular flexibility index (Phi) is 8.68. The summed E-state index contributed by atoms with van der Waals surface area (Å²) in [7, 11) is 0. The van der Waals surface area contributed by atoms with Gasteiger partial charge in [-0.15, -0.1) is 0 Å². The molecule has 0 aliphatic heterocycles. The number of aliphatic carboxylic acids is 1. The fourth-order valence-corrected chi connectivity index (χ4v) is 2.98. The Labute approximate surface area is 208 Å². The van der Waals surface area contributed by atoms with Gasteiger partial charge in [-0.05, 0) is 66.2 Å². The van der Waals surface area contributed by atoms with Crippen LogP contribution in [0, 0.1) is 0 Å². The predicted molar refractivity (Wildman–Crippen MR) is 132 cm³/mol. The van der Waals surface area contributed by atoms with Crippen molar-refractivity contribution in [1.82, 2.24) is 5.43 Å². The van der Waals surface area contributed by atoms with Gasteiger partial charge in [0.1, 0.15) is 5.75 Å². The standard InChI is InChI=1S/C24H19BrN4O6/c25-16-7-9-17(10-8-16)27-22(32)19-3-1-2-4-20(19)28-23(33)24(34)29-26-13-15-5-11-18(12-6-15)35-14-21(30)31/h1-13H,14H2,(H,27,32)(H,28,33)(H,29,34)(H,30,31)/b26-13+. The first kappa shape index (κ1) is 25.1. The van der Waals surface area contributed by atoms with E-state index < -0.39 is 30.3 Å². The lowest BCUT2D eigenvalue weighted by Crippen LogP contribution is -2.33. The lowest BCUT2D eigenvalue weighted by molar-refractivity contribution is -0.139. The van der Waals surface area contributed by atoms with Crippen molar-refractivity contribution in [2.75, 3.05) is 17.2 Å². The highest BCUT2D eigenvalue weighted by atomic mass is 79.9. The second-order valence-corrected chi connectivity index (χ2v) is 7.83. The van der Waals surface area contributed by atoms with Crippen molar-refractivity contribution in [3.8, 4) is 5.75 Å².